The highest BCUT2D eigenvalue weighted by molar-refractivity contribution is 7.80. The predicted molar refractivity (Wildman–Crippen MR) is 93.2 cm³/mol. The molecule has 110 valence electrons. The van der Waals surface area contributed by atoms with Crippen molar-refractivity contribution in [3.63, 3.8) is 0 Å². The first-order chi connectivity index (χ1) is 10.1. The average molecular weight is 299 g/mol. The molecule has 0 unspecified atom stereocenters. The SMILES string of the molecule is CC(C)CCNC(=S)c1cccc(-c2ccc(N)nc2)c1. The zero-order valence-corrected chi connectivity index (χ0v) is 13.3. The van der Waals surface area contributed by atoms with Gasteiger partial charge in [-0.15, -0.1) is 0 Å². The van der Waals surface area contributed by atoms with Gasteiger partial charge in [-0.25, -0.2) is 4.98 Å². The van der Waals surface area contributed by atoms with Gasteiger partial charge in [0.25, 0.3) is 0 Å². The Balaban J connectivity index is 2.10. The van der Waals surface area contributed by atoms with Crippen LogP contribution in [0.15, 0.2) is 42.6 Å². The second kappa shape index (κ2) is 7.18. The van der Waals surface area contributed by atoms with Gasteiger partial charge in [-0.1, -0.05) is 44.3 Å². The number of aromatic nitrogens is 1. The summed E-state index contributed by atoms with van der Waals surface area (Å²) in [5, 5.41) is 3.31. The molecule has 3 nitrogen and oxygen atoms in total. The Hall–Kier alpha value is -1.94. The number of nitrogens with zero attached hydrogens (tertiary/aromatic N) is 1. The average Bonchev–Trinajstić information content (AvgIpc) is 2.47. The number of thiocarbonyl (C=S) groups is 1. The summed E-state index contributed by atoms with van der Waals surface area (Å²) >= 11 is 5.46. The molecule has 0 saturated heterocycles. The molecule has 0 atom stereocenters. The first-order valence-corrected chi connectivity index (χ1v) is 7.57. The summed E-state index contributed by atoms with van der Waals surface area (Å²) in [6.07, 6.45) is 2.89. The van der Waals surface area contributed by atoms with Gasteiger partial charge in [-0.2, -0.15) is 0 Å². The third-order valence-corrected chi connectivity index (χ3v) is 3.63. The Morgan fingerprint density at radius 1 is 1.24 bits per heavy atom. The van der Waals surface area contributed by atoms with Gasteiger partial charge in [0.05, 0.1) is 0 Å². The molecule has 1 aromatic carbocycles. The van der Waals surface area contributed by atoms with Crippen LogP contribution in [0.1, 0.15) is 25.8 Å². The van der Waals surface area contributed by atoms with Gasteiger partial charge in [0.15, 0.2) is 0 Å². The van der Waals surface area contributed by atoms with E-state index in [1.807, 2.05) is 24.3 Å². The fourth-order valence-electron chi connectivity index (χ4n) is 1.99. The highest BCUT2D eigenvalue weighted by Gasteiger charge is 2.04. The van der Waals surface area contributed by atoms with Gasteiger partial charge in [0.2, 0.25) is 0 Å². The molecule has 4 heteroatoms. The lowest BCUT2D eigenvalue weighted by atomic mass is 10.0. The van der Waals surface area contributed by atoms with Crippen molar-refractivity contribution in [1.82, 2.24) is 10.3 Å². The maximum Gasteiger partial charge on any atom is 0.123 e. The van der Waals surface area contributed by atoms with Crippen LogP contribution in [0.2, 0.25) is 0 Å². The summed E-state index contributed by atoms with van der Waals surface area (Å²) < 4.78 is 0. The largest absolute Gasteiger partial charge is 0.384 e. The molecular formula is C17H21N3S. The molecule has 0 aliphatic heterocycles. The molecule has 2 aromatic rings. The maximum atomic E-state index is 5.62. The second-order valence-corrected chi connectivity index (χ2v) is 5.90. The number of nitrogens with one attached hydrogen (secondary N) is 1. The number of hydrogen-bond acceptors (Lipinski definition) is 3. The van der Waals surface area contributed by atoms with E-state index >= 15 is 0 Å². The van der Waals surface area contributed by atoms with E-state index in [9.17, 15) is 0 Å². The van der Waals surface area contributed by atoms with E-state index in [-0.39, 0.29) is 0 Å². The first-order valence-electron chi connectivity index (χ1n) is 7.16. The van der Waals surface area contributed by atoms with Crippen molar-refractivity contribution >= 4 is 23.0 Å². The minimum absolute atomic E-state index is 0.528. The van der Waals surface area contributed by atoms with Gasteiger partial charge < -0.3 is 11.1 Å². The van der Waals surface area contributed by atoms with Crippen LogP contribution in [0.4, 0.5) is 5.82 Å². The number of nitrogen functional groups attached to an aromatic ring is 1. The molecular weight excluding hydrogens is 278 g/mol. The fourth-order valence-corrected chi connectivity index (χ4v) is 2.22. The van der Waals surface area contributed by atoms with Crippen molar-refractivity contribution in [2.75, 3.05) is 12.3 Å². The maximum absolute atomic E-state index is 5.62. The molecule has 0 fully saturated rings. The topological polar surface area (TPSA) is 50.9 Å². The van der Waals surface area contributed by atoms with Crippen LogP contribution in [0.5, 0.6) is 0 Å². The van der Waals surface area contributed by atoms with Gasteiger partial charge in [-0.3, -0.25) is 0 Å². The van der Waals surface area contributed by atoms with Crippen molar-refractivity contribution in [2.24, 2.45) is 5.92 Å². The Bertz CT molecular complexity index is 606. The smallest absolute Gasteiger partial charge is 0.123 e. The summed E-state index contributed by atoms with van der Waals surface area (Å²) in [4.78, 5) is 4.92. The van der Waals surface area contributed by atoms with Crippen LogP contribution < -0.4 is 11.1 Å². The van der Waals surface area contributed by atoms with Gasteiger partial charge in [-0.05, 0) is 36.1 Å². The van der Waals surface area contributed by atoms with E-state index in [0.717, 1.165) is 34.6 Å². The fraction of sp³-hybridized carbons (Fsp3) is 0.294. The standard InChI is InChI=1S/C17H21N3S/c1-12(2)8-9-19-17(21)14-5-3-4-13(10-14)15-6-7-16(18)20-11-15/h3-7,10-12H,8-9H2,1-2H3,(H2,18,20)(H,19,21). The number of nitrogens with two attached hydrogens (primary N) is 1. The molecule has 0 amide bonds. The van der Waals surface area contributed by atoms with Crippen LogP contribution in [0.25, 0.3) is 11.1 Å². The van der Waals surface area contributed by atoms with Crippen LogP contribution in [-0.2, 0) is 0 Å². The Labute approximate surface area is 131 Å². The molecule has 2 rings (SSSR count). The third-order valence-electron chi connectivity index (χ3n) is 3.25. The Kier molecular flexibility index (Phi) is 5.28. The predicted octanol–water partition coefficient (Wildman–Crippen LogP) is 3.64. The van der Waals surface area contributed by atoms with E-state index in [1.165, 1.54) is 0 Å². The number of rotatable bonds is 5. The molecule has 0 spiro atoms. The van der Waals surface area contributed by atoms with Crippen LogP contribution in [0, 0.1) is 5.92 Å². The Morgan fingerprint density at radius 3 is 2.71 bits per heavy atom. The van der Waals surface area contributed by atoms with Crippen LogP contribution in [-0.4, -0.2) is 16.5 Å². The lowest BCUT2D eigenvalue weighted by Crippen LogP contribution is -2.24. The highest BCUT2D eigenvalue weighted by Crippen LogP contribution is 2.20. The van der Waals surface area contributed by atoms with Crippen molar-refractivity contribution in [2.45, 2.75) is 20.3 Å². The molecule has 0 saturated carbocycles. The quantitative estimate of drug-likeness (QED) is 0.828. The normalized spacial score (nSPS) is 10.6. The summed E-state index contributed by atoms with van der Waals surface area (Å²) in [6.45, 7) is 5.32. The number of benzene rings is 1. The summed E-state index contributed by atoms with van der Waals surface area (Å²) in [7, 11) is 0. The molecule has 3 N–H and O–H groups in total. The van der Waals surface area contributed by atoms with Crippen LogP contribution >= 0.6 is 12.2 Å². The van der Waals surface area contributed by atoms with Gasteiger partial charge in [0, 0.05) is 23.9 Å². The molecule has 0 aliphatic rings. The van der Waals surface area contributed by atoms with Crippen molar-refractivity contribution in [3.8, 4) is 11.1 Å². The zero-order valence-electron chi connectivity index (χ0n) is 12.5. The molecule has 0 radical (unpaired) electrons. The zero-order chi connectivity index (χ0) is 15.2. The monoisotopic (exact) mass is 299 g/mol. The van der Waals surface area contributed by atoms with Gasteiger partial charge in [0.1, 0.15) is 10.8 Å². The minimum Gasteiger partial charge on any atom is -0.384 e. The number of anilines is 1. The van der Waals surface area contributed by atoms with E-state index in [2.05, 4.69) is 30.2 Å². The lowest BCUT2D eigenvalue weighted by Gasteiger charge is -2.11. The Morgan fingerprint density at radius 2 is 2.05 bits per heavy atom. The number of pyridine rings is 1. The second-order valence-electron chi connectivity index (χ2n) is 5.49. The van der Waals surface area contributed by atoms with E-state index in [1.54, 1.807) is 12.3 Å². The summed E-state index contributed by atoms with van der Waals surface area (Å²) in [6, 6.07) is 11.9. The lowest BCUT2D eigenvalue weighted by molar-refractivity contribution is 0.579. The minimum atomic E-state index is 0.528. The summed E-state index contributed by atoms with van der Waals surface area (Å²) in [5.41, 5.74) is 8.78. The van der Waals surface area contributed by atoms with Crippen molar-refractivity contribution in [1.29, 1.82) is 0 Å². The molecule has 21 heavy (non-hydrogen) atoms. The molecule has 0 aliphatic carbocycles. The van der Waals surface area contributed by atoms with Gasteiger partial charge >= 0.3 is 0 Å². The van der Waals surface area contributed by atoms with E-state index in [0.29, 0.717) is 11.7 Å². The number of hydrogen-bond donors (Lipinski definition) is 2. The first kappa shape index (κ1) is 15.4. The van der Waals surface area contributed by atoms with Crippen molar-refractivity contribution < 1.29 is 0 Å². The molecule has 0 bridgehead atoms. The third kappa shape index (κ3) is 4.53. The van der Waals surface area contributed by atoms with E-state index < -0.39 is 0 Å². The molecule has 1 heterocycles. The van der Waals surface area contributed by atoms with E-state index in [4.69, 9.17) is 18.0 Å². The highest BCUT2D eigenvalue weighted by atomic mass is 32.1. The summed E-state index contributed by atoms with van der Waals surface area (Å²) in [5.74, 6) is 1.20. The van der Waals surface area contributed by atoms with Crippen LogP contribution in [0.3, 0.4) is 0 Å². The van der Waals surface area contributed by atoms with Crippen molar-refractivity contribution in [3.05, 3.63) is 48.2 Å². The molecule has 1 aromatic heterocycles.